The van der Waals surface area contributed by atoms with Crippen LogP contribution in [0.4, 0.5) is 13.2 Å². The molecule has 1 N–H and O–H groups in total. The Hall–Kier alpha value is -1.74. The van der Waals surface area contributed by atoms with E-state index < -0.39 is 33.7 Å². The minimum Gasteiger partial charge on any atom is -0.478 e. The molecule has 1 aliphatic heterocycles. The third-order valence-corrected chi connectivity index (χ3v) is 5.87. The van der Waals surface area contributed by atoms with Gasteiger partial charge in [0.25, 0.3) is 0 Å². The van der Waals surface area contributed by atoms with Crippen LogP contribution in [0.3, 0.4) is 0 Å². The summed E-state index contributed by atoms with van der Waals surface area (Å²) in [7, 11) is -3.84. The molecule has 10 heteroatoms. The molecule has 1 heterocycles. The third kappa shape index (κ3) is 4.09. The van der Waals surface area contributed by atoms with E-state index in [0.29, 0.717) is 0 Å². The minimum atomic E-state index is -4.97. The molecule has 2 rings (SSSR count). The average Bonchev–Trinajstić information content (AvgIpc) is 2.42. The summed E-state index contributed by atoms with van der Waals surface area (Å²) in [6, 6.07) is 1.99. The molecule has 0 aliphatic carbocycles. The van der Waals surface area contributed by atoms with Crippen molar-refractivity contribution in [3.05, 3.63) is 28.3 Å². The number of hydrogen-bond donors (Lipinski definition) is 1. The normalized spacial score (nSPS) is 17.7. The second kappa shape index (κ2) is 6.53. The van der Waals surface area contributed by atoms with Gasteiger partial charge in [-0.3, -0.25) is 0 Å². The highest BCUT2D eigenvalue weighted by molar-refractivity contribution is 7.91. The van der Waals surface area contributed by atoms with Crippen molar-refractivity contribution in [2.24, 2.45) is 5.92 Å². The first-order valence-corrected chi connectivity index (χ1v) is 9.10. The Morgan fingerprint density at radius 2 is 1.96 bits per heavy atom. The topological polar surface area (TPSA) is 80.7 Å². The summed E-state index contributed by atoms with van der Waals surface area (Å²) in [5.41, 5.74) is -1.04. The number of carboxylic acid groups (broad SMARTS) is 1. The Morgan fingerprint density at radius 1 is 1.36 bits per heavy atom. The van der Waals surface area contributed by atoms with Crippen LogP contribution in [-0.4, -0.2) is 37.5 Å². The van der Waals surface area contributed by atoms with E-state index in [-0.39, 0.29) is 32.9 Å². The summed E-state index contributed by atoms with van der Waals surface area (Å²) in [6.45, 7) is 3.34. The smallest absolute Gasteiger partial charge is 0.430 e. The van der Waals surface area contributed by atoms with E-state index >= 15 is 0 Å². The molecule has 1 atom stereocenters. The highest BCUT2D eigenvalue weighted by Crippen LogP contribution is 2.40. The van der Waals surface area contributed by atoms with Gasteiger partial charge in [0.05, 0.1) is 21.2 Å². The number of carboxylic acids is 1. The summed E-state index contributed by atoms with van der Waals surface area (Å²) in [6.07, 6.45) is -6.89. The fraction of sp³-hybridized carbons (Fsp3) is 0.400. The second-order valence-corrected chi connectivity index (χ2v) is 8.35. The summed E-state index contributed by atoms with van der Waals surface area (Å²) >= 11 is 5.95. The Kier molecular flexibility index (Phi) is 5.11. The maximum atomic E-state index is 13.1. The predicted octanol–water partition coefficient (Wildman–Crippen LogP) is 3.56. The summed E-state index contributed by atoms with van der Waals surface area (Å²) in [5.74, 6) is -2.65. The van der Waals surface area contributed by atoms with Gasteiger partial charge in [-0.15, -0.1) is 0 Å². The van der Waals surface area contributed by atoms with Crippen molar-refractivity contribution in [3.8, 4) is 5.75 Å². The third-order valence-electron chi connectivity index (χ3n) is 3.33. The zero-order valence-corrected chi connectivity index (χ0v) is 14.7. The Labute approximate surface area is 147 Å². The van der Waals surface area contributed by atoms with E-state index in [0.717, 1.165) is 18.2 Å². The highest BCUT2D eigenvalue weighted by Gasteiger charge is 2.48. The maximum absolute atomic E-state index is 13.1. The van der Waals surface area contributed by atoms with Gasteiger partial charge < -0.3 is 9.84 Å². The lowest BCUT2D eigenvalue weighted by atomic mass is 10.0. The number of halogens is 4. The lowest BCUT2D eigenvalue weighted by Gasteiger charge is -2.27. The van der Waals surface area contributed by atoms with E-state index in [4.69, 9.17) is 21.4 Å². The second-order valence-electron chi connectivity index (χ2n) is 5.94. The molecule has 25 heavy (non-hydrogen) atoms. The number of rotatable bonds is 4. The summed E-state index contributed by atoms with van der Waals surface area (Å²) in [5, 5.41) is 8.76. The zero-order valence-electron chi connectivity index (χ0n) is 13.1. The Balaban J connectivity index is 2.60. The zero-order chi connectivity index (χ0) is 19.2. The Morgan fingerprint density at radius 3 is 2.44 bits per heavy atom. The summed E-state index contributed by atoms with van der Waals surface area (Å²) < 4.78 is 68.6. The van der Waals surface area contributed by atoms with E-state index in [1.807, 2.05) is 0 Å². The van der Waals surface area contributed by atoms with E-state index in [1.165, 1.54) is 0 Å². The number of ether oxygens (including phenoxy) is 1. The number of alkyl halides is 3. The van der Waals surface area contributed by atoms with Gasteiger partial charge in [-0.05, 0) is 18.1 Å². The number of fused-ring (bicyclic) bond motifs is 1. The average molecular weight is 399 g/mol. The van der Waals surface area contributed by atoms with Crippen LogP contribution in [0.5, 0.6) is 5.75 Å². The minimum absolute atomic E-state index is 0.0357. The molecule has 1 aromatic carbocycles. The number of aliphatic carboxylic acids is 1. The molecule has 0 fully saturated rings. The number of sulfone groups is 1. The standard InChI is InChI=1S/C15H14ClF3O5S/c1-7(2)6-25(22,23)12-5-11-8(4-10(12)16)3-9(14(20)21)13(24-11)15(17,18)19/h3-5,7,13H,6H2,1-2H3,(H,20,21). The molecule has 0 radical (unpaired) electrons. The van der Waals surface area contributed by atoms with Crippen molar-refractivity contribution in [1.29, 1.82) is 0 Å². The number of carbonyl (C=O) groups is 1. The number of hydrogen-bond acceptors (Lipinski definition) is 4. The SMILES string of the molecule is CC(C)CS(=O)(=O)c1cc2c(cc1Cl)C=C(C(=O)O)C(C(F)(F)F)O2. The largest absolute Gasteiger partial charge is 0.478 e. The van der Waals surface area contributed by atoms with Gasteiger partial charge >= 0.3 is 12.1 Å². The van der Waals surface area contributed by atoms with Gasteiger partial charge in [-0.2, -0.15) is 13.2 Å². The molecular weight excluding hydrogens is 385 g/mol. The van der Waals surface area contributed by atoms with Crippen molar-refractivity contribution in [1.82, 2.24) is 0 Å². The van der Waals surface area contributed by atoms with Gasteiger partial charge in [0, 0.05) is 11.6 Å². The lowest BCUT2D eigenvalue weighted by molar-refractivity contribution is -0.187. The van der Waals surface area contributed by atoms with Crippen LogP contribution >= 0.6 is 11.6 Å². The van der Waals surface area contributed by atoms with Crippen molar-refractivity contribution in [2.75, 3.05) is 5.75 Å². The van der Waals surface area contributed by atoms with Crippen LogP contribution in [0.2, 0.25) is 5.02 Å². The van der Waals surface area contributed by atoms with Crippen molar-refractivity contribution >= 4 is 33.5 Å². The monoisotopic (exact) mass is 398 g/mol. The predicted molar refractivity (Wildman–Crippen MR) is 84.4 cm³/mol. The molecule has 0 saturated carbocycles. The van der Waals surface area contributed by atoms with Gasteiger partial charge in [0.15, 0.2) is 9.84 Å². The van der Waals surface area contributed by atoms with Crippen molar-refractivity contribution < 1.29 is 36.2 Å². The molecule has 0 amide bonds. The van der Waals surface area contributed by atoms with E-state index in [2.05, 4.69) is 0 Å². The van der Waals surface area contributed by atoms with Crippen LogP contribution in [0.1, 0.15) is 19.4 Å². The molecule has 0 spiro atoms. The molecule has 0 aromatic heterocycles. The van der Waals surface area contributed by atoms with Gasteiger partial charge in [-0.1, -0.05) is 25.4 Å². The van der Waals surface area contributed by atoms with Crippen molar-refractivity contribution in [3.63, 3.8) is 0 Å². The van der Waals surface area contributed by atoms with Gasteiger partial charge in [-0.25, -0.2) is 13.2 Å². The van der Waals surface area contributed by atoms with Crippen molar-refractivity contribution in [2.45, 2.75) is 31.0 Å². The quantitative estimate of drug-likeness (QED) is 0.838. The first-order valence-electron chi connectivity index (χ1n) is 7.07. The first kappa shape index (κ1) is 19.6. The van der Waals surface area contributed by atoms with Crippen LogP contribution in [0.25, 0.3) is 6.08 Å². The van der Waals surface area contributed by atoms with Gasteiger partial charge in [0.1, 0.15) is 5.75 Å². The van der Waals surface area contributed by atoms with Crippen LogP contribution < -0.4 is 4.74 Å². The molecule has 0 saturated heterocycles. The molecule has 138 valence electrons. The fourth-order valence-corrected chi connectivity index (χ4v) is 4.61. The lowest BCUT2D eigenvalue weighted by Crippen LogP contribution is -2.40. The first-order chi connectivity index (χ1) is 11.3. The van der Waals surface area contributed by atoms with Crippen LogP contribution in [-0.2, 0) is 14.6 Å². The molecular formula is C15H14ClF3O5S. The number of benzene rings is 1. The van der Waals surface area contributed by atoms with Gasteiger partial charge in [0.2, 0.25) is 6.10 Å². The van der Waals surface area contributed by atoms with E-state index in [9.17, 15) is 26.4 Å². The van der Waals surface area contributed by atoms with Crippen LogP contribution in [0.15, 0.2) is 22.6 Å². The molecule has 1 unspecified atom stereocenters. The van der Waals surface area contributed by atoms with E-state index in [1.54, 1.807) is 13.8 Å². The molecule has 1 aromatic rings. The fourth-order valence-electron chi connectivity index (χ4n) is 2.38. The summed E-state index contributed by atoms with van der Waals surface area (Å²) in [4.78, 5) is 10.7. The van der Waals surface area contributed by atoms with Crippen LogP contribution in [0, 0.1) is 5.92 Å². The maximum Gasteiger partial charge on any atom is 0.430 e. The molecule has 5 nitrogen and oxygen atoms in total. The molecule has 1 aliphatic rings. The highest BCUT2D eigenvalue weighted by atomic mass is 35.5. The molecule has 0 bridgehead atoms. The Bertz CT molecular complexity index is 843.